The van der Waals surface area contributed by atoms with Crippen molar-refractivity contribution >= 4 is 17.1 Å². The molecule has 0 aliphatic carbocycles. The number of rotatable bonds is 3. The Labute approximate surface area is 120 Å². The molecule has 1 N–H and O–H groups in total. The molecular formula is C13H14ClN5O. The van der Waals surface area contributed by atoms with Crippen molar-refractivity contribution in [3.05, 3.63) is 46.8 Å². The molecule has 0 aliphatic heterocycles. The molecule has 6 nitrogen and oxygen atoms in total. The van der Waals surface area contributed by atoms with Gasteiger partial charge in [-0.2, -0.15) is 10.2 Å². The van der Waals surface area contributed by atoms with Gasteiger partial charge in [0.05, 0.1) is 40.4 Å². The minimum Gasteiger partial charge on any atom is -0.388 e. The maximum absolute atomic E-state index is 10.4. The molecule has 7 heteroatoms. The van der Waals surface area contributed by atoms with Gasteiger partial charge >= 0.3 is 0 Å². The van der Waals surface area contributed by atoms with Crippen molar-refractivity contribution < 1.29 is 5.11 Å². The van der Waals surface area contributed by atoms with E-state index in [-0.39, 0.29) is 0 Å². The molecule has 3 rings (SSSR count). The van der Waals surface area contributed by atoms with Crippen LogP contribution in [0.2, 0.25) is 5.02 Å². The van der Waals surface area contributed by atoms with E-state index < -0.39 is 6.10 Å². The summed E-state index contributed by atoms with van der Waals surface area (Å²) >= 11 is 6.21. The molecule has 1 unspecified atom stereocenters. The Hall–Kier alpha value is -1.92. The Morgan fingerprint density at radius 1 is 1.40 bits per heavy atom. The van der Waals surface area contributed by atoms with E-state index in [1.807, 2.05) is 14.0 Å². The van der Waals surface area contributed by atoms with Gasteiger partial charge in [-0.05, 0) is 6.92 Å². The fourth-order valence-electron chi connectivity index (χ4n) is 2.30. The minimum atomic E-state index is -0.705. The lowest BCUT2D eigenvalue weighted by Gasteiger charge is -2.10. The molecule has 3 aromatic heterocycles. The number of hydrogen-bond acceptors (Lipinski definition) is 4. The van der Waals surface area contributed by atoms with Crippen LogP contribution in [0.1, 0.15) is 23.1 Å². The van der Waals surface area contributed by atoms with Gasteiger partial charge in [-0.3, -0.25) is 9.67 Å². The first kappa shape index (κ1) is 13.1. The van der Waals surface area contributed by atoms with E-state index in [0.29, 0.717) is 11.4 Å². The van der Waals surface area contributed by atoms with Crippen LogP contribution in [0.3, 0.4) is 0 Å². The predicted octanol–water partition coefficient (Wildman–Crippen LogP) is 1.70. The smallest absolute Gasteiger partial charge is 0.0903 e. The quantitative estimate of drug-likeness (QED) is 0.797. The zero-order chi connectivity index (χ0) is 14.3. The van der Waals surface area contributed by atoms with E-state index in [1.165, 1.54) is 0 Å². The summed E-state index contributed by atoms with van der Waals surface area (Å²) in [5, 5.41) is 19.5. The van der Waals surface area contributed by atoms with E-state index in [2.05, 4.69) is 15.2 Å². The molecule has 0 saturated heterocycles. The van der Waals surface area contributed by atoms with Crippen molar-refractivity contribution in [3.8, 4) is 0 Å². The molecule has 1 atom stereocenters. The molecule has 0 aliphatic rings. The number of aliphatic hydroxyl groups excluding tert-OH is 1. The molecule has 0 saturated carbocycles. The van der Waals surface area contributed by atoms with Gasteiger partial charge < -0.3 is 5.11 Å². The molecule has 0 bridgehead atoms. The number of aliphatic hydroxyl groups is 1. The predicted molar refractivity (Wildman–Crippen MR) is 74.6 cm³/mol. The van der Waals surface area contributed by atoms with Crippen LogP contribution in [-0.4, -0.2) is 29.5 Å². The number of halogens is 1. The maximum atomic E-state index is 10.4. The van der Waals surface area contributed by atoms with Gasteiger partial charge in [0.2, 0.25) is 0 Å². The summed E-state index contributed by atoms with van der Waals surface area (Å²) in [6.45, 7) is 1.84. The summed E-state index contributed by atoms with van der Waals surface area (Å²) in [4.78, 5) is 4.06. The highest BCUT2D eigenvalue weighted by Gasteiger charge is 2.19. The molecule has 104 valence electrons. The Bertz CT molecular complexity index is 763. The van der Waals surface area contributed by atoms with Crippen LogP contribution in [0.5, 0.6) is 0 Å². The highest BCUT2D eigenvalue weighted by Crippen LogP contribution is 2.27. The second kappa shape index (κ2) is 4.88. The zero-order valence-corrected chi connectivity index (χ0v) is 11.9. The summed E-state index contributed by atoms with van der Waals surface area (Å²) in [5.41, 5.74) is 3.08. The highest BCUT2D eigenvalue weighted by atomic mass is 35.5. The van der Waals surface area contributed by atoms with Crippen molar-refractivity contribution in [3.63, 3.8) is 0 Å². The Morgan fingerprint density at radius 3 is 2.90 bits per heavy atom. The van der Waals surface area contributed by atoms with E-state index >= 15 is 0 Å². The molecule has 0 radical (unpaired) electrons. The molecule has 0 fully saturated rings. The summed E-state index contributed by atoms with van der Waals surface area (Å²) < 4.78 is 3.38. The van der Waals surface area contributed by atoms with Crippen LogP contribution >= 0.6 is 11.6 Å². The standard InChI is InChI=1S/C13H14ClN5O/c1-8-13(14)10(18(2)17-8)5-12(20)9-6-16-19-4-3-15-7-11(9)19/h3-4,6-7,12,20H,5H2,1-2H3. The molecule has 3 heterocycles. The number of nitrogens with zero attached hydrogens (tertiary/aromatic N) is 5. The zero-order valence-electron chi connectivity index (χ0n) is 11.2. The molecule has 3 aromatic rings. The van der Waals surface area contributed by atoms with Crippen LogP contribution in [0.15, 0.2) is 24.8 Å². The van der Waals surface area contributed by atoms with Crippen LogP contribution in [0, 0.1) is 6.92 Å². The third-order valence-electron chi connectivity index (χ3n) is 3.36. The summed E-state index contributed by atoms with van der Waals surface area (Å²) in [6.07, 6.45) is 6.40. The largest absolute Gasteiger partial charge is 0.388 e. The van der Waals surface area contributed by atoms with Crippen molar-refractivity contribution in [1.82, 2.24) is 24.4 Å². The van der Waals surface area contributed by atoms with Gasteiger partial charge in [-0.1, -0.05) is 11.6 Å². The van der Waals surface area contributed by atoms with E-state index in [9.17, 15) is 5.11 Å². The summed E-state index contributed by atoms with van der Waals surface area (Å²) in [7, 11) is 1.82. The number of fused-ring (bicyclic) bond motifs is 1. The monoisotopic (exact) mass is 291 g/mol. The maximum Gasteiger partial charge on any atom is 0.0903 e. The first-order chi connectivity index (χ1) is 9.58. The van der Waals surface area contributed by atoms with Gasteiger partial charge in [0.15, 0.2) is 0 Å². The van der Waals surface area contributed by atoms with Gasteiger partial charge in [0, 0.05) is 31.4 Å². The third kappa shape index (κ3) is 2.07. The molecular weight excluding hydrogens is 278 g/mol. The first-order valence-electron chi connectivity index (χ1n) is 6.21. The minimum absolute atomic E-state index is 0.381. The lowest BCUT2D eigenvalue weighted by atomic mass is 10.1. The Kier molecular flexibility index (Phi) is 3.19. The number of hydrogen-bond donors (Lipinski definition) is 1. The molecule has 20 heavy (non-hydrogen) atoms. The van der Waals surface area contributed by atoms with Crippen molar-refractivity contribution in [2.75, 3.05) is 0 Å². The van der Waals surface area contributed by atoms with E-state index in [1.54, 1.807) is 34.0 Å². The average molecular weight is 292 g/mol. The lowest BCUT2D eigenvalue weighted by molar-refractivity contribution is 0.177. The number of aromatic nitrogens is 5. The Morgan fingerprint density at radius 2 is 2.20 bits per heavy atom. The van der Waals surface area contributed by atoms with E-state index in [4.69, 9.17) is 11.6 Å². The SMILES string of the molecule is Cc1nn(C)c(CC(O)c2cnn3ccncc23)c1Cl. The summed E-state index contributed by atoms with van der Waals surface area (Å²) in [5.74, 6) is 0. The van der Waals surface area contributed by atoms with Crippen LogP contribution < -0.4 is 0 Å². The van der Waals surface area contributed by atoms with Gasteiger partial charge in [-0.15, -0.1) is 0 Å². The Balaban J connectivity index is 1.95. The van der Waals surface area contributed by atoms with Crippen LogP contribution in [0.4, 0.5) is 0 Å². The van der Waals surface area contributed by atoms with Gasteiger partial charge in [0.1, 0.15) is 0 Å². The van der Waals surface area contributed by atoms with E-state index in [0.717, 1.165) is 22.5 Å². The summed E-state index contributed by atoms with van der Waals surface area (Å²) in [6, 6.07) is 0. The fourth-order valence-corrected chi connectivity index (χ4v) is 2.54. The topological polar surface area (TPSA) is 68.2 Å². The van der Waals surface area contributed by atoms with Gasteiger partial charge in [-0.25, -0.2) is 4.52 Å². The highest BCUT2D eigenvalue weighted by molar-refractivity contribution is 6.31. The fraction of sp³-hybridized carbons (Fsp3) is 0.308. The first-order valence-corrected chi connectivity index (χ1v) is 6.59. The van der Waals surface area contributed by atoms with Crippen molar-refractivity contribution in [2.45, 2.75) is 19.4 Å². The average Bonchev–Trinajstić information content (AvgIpc) is 2.96. The van der Waals surface area contributed by atoms with Crippen LogP contribution in [-0.2, 0) is 13.5 Å². The van der Waals surface area contributed by atoms with Crippen molar-refractivity contribution in [1.29, 1.82) is 0 Å². The molecule has 0 aromatic carbocycles. The second-order valence-corrected chi connectivity index (χ2v) is 5.07. The van der Waals surface area contributed by atoms with Crippen molar-refractivity contribution in [2.24, 2.45) is 7.05 Å². The normalized spacial score (nSPS) is 13.0. The van der Waals surface area contributed by atoms with Gasteiger partial charge in [0.25, 0.3) is 0 Å². The third-order valence-corrected chi connectivity index (χ3v) is 3.85. The molecule has 0 spiro atoms. The lowest BCUT2D eigenvalue weighted by Crippen LogP contribution is -2.06. The van der Waals surface area contributed by atoms with Crippen LogP contribution in [0.25, 0.3) is 5.52 Å². The number of aryl methyl sites for hydroxylation is 2. The molecule has 0 amide bonds. The second-order valence-electron chi connectivity index (χ2n) is 4.70.